The lowest BCUT2D eigenvalue weighted by Crippen LogP contribution is -2.40. The molecule has 0 saturated carbocycles. The fourth-order valence-corrected chi connectivity index (χ4v) is 2.08. The van der Waals surface area contributed by atoms with Gasteiger partial charge < -0.3 is 5.73 Å². The number of aromatic nitrogens is 4. The van der Waals surface area contributed by atoms with E-state index in [0.29, 0.717) is 18.2 Å². The Morgan fingerprint density at radius 3 is 3.00 bits per heavy atom. The molecule has 112 valence electrons. The third-order valence-corrected chi connectivity index (χ3v) is 3.35. The van der Waals surface area contributed by atoms with Crippen LogP contribution in [0.15, 0.2) is 30.5 Å². The molecule has 2 rings (SSSR count). The fourth-order valence-electron chi connectivity index (χ4n) is 2.08. The first-order valence-electron chi connectivity index (χ1n) is 7.24. The quantitative estimate of drug-likeness (QED) is 0.392. The third kappa shape index (κ3) is 3.56. The SMILES string of the molecule is C=CC(=CC)c1nnc(C2=C=CC(CN)C#CCC2)n[n+]1C. The Morgan fingerprint density at radius 2 is 2.36 bits per heavy atom. The van der Waals surface area contributed by atoms with Crippen molar-refractivity contribution in [3.8, 4) is 11.8 Å². The van der Waals surface area contributed by atoms with Gasteiger partial charge >= 0.3 is 5.82 Å². The van der Waals surface area contributed by atoms with Gasteiger partial charge in [-0.2, -0.15) is 0 Å². The number of allylic oxidation sites excluding steroid dienone is 3. The number of nitrogens with zero attached hydrogens (tertiary/aromatic N) is 4. The van der Waals surface area contributed by atoms with E-state index in [-0.39, 0.29) is 5.92 Å². The Labute approximate surface area is 131 Å². The number of nitrogens with two attached hydrogens (primary N) is 1. The maximum Gasteiger partial charge on any atom is 0.377 e. The number of rotatable bonds is 4. The molecule has 0 aromatic carbocycles. The molecule has 1 aromatic rings. The summed E-state index contributed by atoms with van der Waals surface area (Å²) in [4.78, 5) is 0. The molecule has 0 aliphatic heterocycles. The van der Waals surface area contributed by atoms with Gasteiger partial charge in [0.2, 0.25) is 0 Å². The summed E-state index contributed by atoms with van der Waals surface area (Å²) in [6, 6.07) is 0. The van der Waals surface area contributed by atoms with Crippen molar-refractivity contribution in [1.29, 1.82) is 0 Å². The predicted molar refractivity (Wildman–Crippen MR) is 85.9 cm³/mol. The van der Waals surface area contributed by atoms with Crippen molar-refractivity contribution in [1.82, 2.24) is 15.3 Å². The lowest BCUT2D eigenvalue weighted by Gasteiger charge is -2.04. The summed E-state index contributed by atoms with van der Waals surface area (Å²) >= 11 is 0. The van der Waals surface area contributed by atoms with E-state index in [1.165, 1.54) is 0 Å². The molecule has 1 atom stereocenters. The average molecular weight is 294 g/mol. The van der Waals surface area contributed by atoms with Crippen LogP contribution in [0.2, 0.25) is 0 Å². The van der Waals surface area contributed by atoms with Gasteiger partial charge in [-0.3, -0.25) is 0 Å². The number of hydrogen-bond donors (Lipinski definition) is 1. The van der Waals surface area contributed by atoms with Crippen LogP contribution in [0.3, 0.4) is 0 Å². The van der Waals surface area contributed by atoms with Gasteiger partial charge in [-0.05, 0) is 24.5 Å². The van der Waals surface area contributed by atoms with Crippen LogP contribution in [0.4, 0.5) is 0 Å². The summed E-state index contributed by atoms with van der Waals surface area (Å²) in [5.41, 5.74) is 10.7. The van der Waals surface area contributed by atoms with E-state index in [1.54, 1.807) is 10.8 Å². The van der Waals surface area contributed by atoms with E-state index in [2.05, 4.69) is 39.4 Å². The van der Waals surface area contributed by atoms with Crippen molar-refractivity contribution in [3.05, 3.63) is 42.2 Å². The second kappa shape index (κ2) is 7.46. The summed E-state index contributed by atoms with van der Waals surface area (Å²) in [6.45, 7) is 6.19. The van der Waals surface area contributed by atoms with E-state index in [0.717, 1.165) is 24.0 Å². The van der Waals surface area contributed by atoms with Crippen LogP contribution >= 0.6 is 0 Å². The first-order chi connectivity index (χ1) is 10.7. The van der Waals surface area contributed by atoms with Gasteiger partial charge in [0.15, 0.2) is 0 Å². The molecule has 1 aromatic heterocycles. The molecule has 2 N–H and O–H groups in total. The predicted octanol–water partition coefficient (Wildman–Crippen LogP) is 1.20. The molecular formula is C17H20N5+. The Bertz CT molecular complexity index is 727. The zero-order chi connectivity index (χ0) is 15.9. The molecule has 5 heteroatoms. The van der Waals surface area contributed by atoms with Crippen molar-refractivity contribution < 1.29 is 4.68 Å². The van der Waals surface area contributed by atoms with Gasteiger partial charge in [0, 0.05) is 18.5 Å². The topological polar surface area (TPSA) is 68.6 Å². The van der Waals surface area contributed by atoms with Crippen molar-refractivity contribution in [3.63, 3.8) is 0 Å². The largest absolute Gasteiger partial charge is 0.377 e. The van der Waals surface area contributed by atoms with Crippen molar-refractivity contribution >= 4 is 11.1 Å². The molecule has 0 radical (unpaired) electrons. The average Bonchev–Trinajstić information content (AvgIpc) is 2.50. The standard InChI is InChI=1S/C17H20N5/c1-4-14(5-2)17-20-19-16(21-22(17)3)15-9-7-6-8-13(12-18)10-11-15/h4-5,10,13H,1,7,9,12,18H2,2-3H3/q+1. The van der Waals surface area contributed by atoms with E-state index < -0.39 is 0 Å². The molecule has 1 aliphatic carbocycles. The van der Waals surface area contributed by atoms with Crippen LogP contribution in [0.1, 0.15) is 31.4 Å². The lowest BCUT2D eigenvalue weighted by atomic mass is 10.0. The molecule has 0 saturated heterocycles. The second-order valence-corrected chi connectivity index (χ2v) is 4.87. The fraction of sp³-hybridized carbons (Fsp3) is 0.353. The monoisotopic (exact) mass is 294 g/mol. The molecule has 5 nitrogen and oxygen atoms in total. The van der Waals surface area contributed by atoms with Crippen molar-refractivity contribution in [2.24, 2.45) is 18.7 Å². The van der Waals surface area contributed by atoms with Gasteiger partial charge in [-0.25, -0.2) is 0 Å². The lowest BCUT2D eigenvalue weighted by molar-refractivity contribution is -0.736. The van der Waals surface area contributed by atoms with Crippen LogP contribution < -0.4 is 10.4 Å². The highest BCUT2D eigenvalue weighted by molar-refractivity contribution is 5.66. The highest BCUT2D eigenvalue weighted by Crippen LogP contribution is 2.16. The van der Waals surface area contributed by atoms with Crippen LogP contribution in [-0.4, -0.2) is 21.8 Å². The molecule has 22 heavy (non-hydrogen) atoms. The minimum Gasteiger partial charge on any atom is -0.329 e. The normalized spacial score (nSPS) is 17.9. The van der Waals surface area contributed by atoms with Gasteiger partial charge in [0.25, 0.3) is 5.82 Å². The third-order valence-electron chi connectivity index (χ3n) is 3.35. The zero-order valence-corrected chi connectivity index (χ0v) is 13.0. The van der Waals surface area contributed by atoms with Crippen LogP contribution in [0, 0.1) is 17.8 Å². The van der Waals surface area contributed by atoms with Crippen molar-refractivity contribution in [2.45, 2.75) is 19.8 Å². The van der Waals surface area contributed by atoms with E-state index >= 15 is 0 Å². The molecule has 1 heterocycles. The molecule has 1 unspecified atom stereocenters. The summed E-state index contributed by atoms with van der Waals surface area (Å²) in [7, 11) is 1.84. The number of hydrogen-bond acceptors (Lipinski definition) is 4. The summed E-state index contributed by atoms with van der Waals surface area (Å²) in [5, 5.41) is 13.0. The summed E-state index contributed by atoms with van der Waals surface area (Å²) < 4.78 is 1.71. The maximum absolute atomic E-state index is 5.67. The van der Waals surface area contributed by atoms with Crippen LogP contribution in [0.5, 0.6) is 0 Å². The highest BCUT2D eigenvalue weighted by atomic mass is 15.4. The molecule has 0 spiro atoms. The Kier molecular flexibility index (Phi) is 5.37. The van der Waals surface area contributed by atoms with Gasteiger partial charge in [0.1, 0.15) is 7.05 Å². The Balaban J connectivity index is 2.40. The first-order valence-corrected chi connectivity index (χ1v) is 7.24. The van der Waals surface area contributed by atoms with Gasteiger partial charge in [0.05, 0.1) is 16.6 Å². The minimum absolute atomic E-state index is 0.0340. The minimum atomic E-state index is 0.0340. The van der Waals surface area contributed by atoms with Crippen molar-refractivity contribution in [2.75, 3.05) is 6.54 Å². The van der Waals surface area contributed by atoms with E-state index in [9.17, 15) is 0 Å². The zero-order valence-electron chi connectivity index (χ0n) is 13.0. The second-order valence-electron chi connectivity index (χ2n) is 4.87. The Morgan fingerprint density at radius 1 is 1.55 bits per heavy atom. The highest BCUT2D eigenvalue weighted by Gasteiger charge is 2.19. The summed E-state index contributed by atoms with van der Waals surface area (Å²) in [5.74, 6) is 7.51. The molecular weight excluding hydrogens is 274 g/mol. The van der Waals surface area contributed by atoms with Gasteiger partial charge in [-0.1, -0.05) is 29.8 Å². The van der Waals surface area contributed by atoms with E-state index in [4.69, 9.17) is 5.73 Å². The molecule has 0 amide bonds. The van der Waals surface area contributed by atoms with Crippen LogP contribution in [0.25, 0.3) is 11.1 Å². The van der Waals surface area contributed by atoms with E-state index in [1.807, 2.05) is 26.1 Å². The Hall–Kier alpha value is -2.54. The van der Waals surface area contributed by atoms with Gasteiger partial charge in [-0.15, -0.1) is 16.3 Å². The smallest absolute Gasteiger partial charge is 0.329 e. The summed E-state index contributed by atoms with van der Waals surface area (Å²) in [6.07, 6.45) is 7.05. The maximum atomic E-state index is 5.67. The first kappa shape index (κ1) is 15.8. The molecule has 1 aliphatic rings. The molecule has 0 fully saturated rings. The number of aryl methyl sites for hydroxylation is 1. The molecule has 0 bridgehead atoms. The van der Waals surface area contributed by atoms with Crippen LogP contribution in [-0.2, 0) is 7.05 Å².